The van der Waals surface area contributed by atoms with E-state index in [-0.39, 0.29) is 39.1 Å². The highest BCUT2D eigenvalue weighted by molar-refractivity contribution is 7.92. The Bertz CT molecular complexity index is 1540. The smallest absolute Gasteiger partial charge is 0.264 e. The highest BCUT2D eigenvalue weighted by Gasteiger charge is 2.34. The van der Waals surface area contributed by atoms with Crippen LogP contribution in [0.3, 0.4) is 0 Å². The molecule has 3 aromatic rings. The van der Waals surface area contributed by atoms with E-state index in [4.69, 9.17) is 46.4 Å². The molecular formula is C30H31Cl4N3O4S. The third kappa shape index (κ3) is 7.53. The van der Waals surface area contributed by atoms with E-state index in [1.807, 2.05) is 6.92 Å². The molecule has 2 amide bonds. The maximum absolute atomic E-state index is 14.1. The third-order valence-corrected chi connectivity index (χ3v) is 10.4. The number of nitrogens with one attached hydrogen (secondary N) is 1. The number of benzene rings is 3. The molecule has 1 fully saturated rings. The first-order valence-corrected chi connectivity index (χ1v) is 16.4. The number of aryl methyl sites for hydroxylation is 1. The maximum atomic E-state index is 14.1. The second-order valence-corrected chi connectivity index (χ2v) is 13.8. The molecule has 4 rings (SSSR count). The highest BCUT2D eigenvalue weighted by Crippen LogP contribution is 2.34. The molecule has 3 aromatic carbocycles. The van der Waals surface area contributed by atoms with Gasteiger partial charge < -0.3 is 10.2 Å². The van der Waals surface area contributed by atoms with Crippen molar-refractivity contribution >= 4 is 73.9 Å². The molecule has 0 saturated heterocycles. The average molecular weight is 671 g/mol. The van der Waals surface area contributed by atoms with Crippen molar-refractivity contribution in [3.8, 4) is 0 Å². The number of anilines is 1. The number of hydrogen-bond acceptors (Lipinski definition) is 4. The van der Waals surface area contributed by atoms with Crippen LogP contribution in [0.15, 0.2) is 65.6 Å². The molecule has 1 atom stereocenters. The van der Waals surface area contributed by atoms with Crippen LogP contribution in [0.1, 0.15) is 43.7 Å². The summed E-state index contributed by atoms with van der Waals surface area (Å²) in [4.78, 5) is 28.8. The fourth-order valence-electron chi connectivity index (χ4n) is 4.86. The van der Waals surface area contributed by atoms with Gasteiger partial charge in [-0.05, 0) is 69.2 Å². The molecule has 1 N–H and O–H groups in total. The number of hydrogen-bond donors (Lipinski definition) is 1. The first-order valence-electron chi connectivity index (χ1n) is 13.5. The lowest BCUT2D eigenvalue weighted by Crippen LogP contribution is -2.52. The van der Waals surface area contributed by atoms with E-state index < -0.39 is 28.5 Å². The molecule has 0 aromatic heterocycles. The van der Waals surface area contributed by atoms with Crippen molar-refractivity contribution in [1.82, 2.24) is 10.2 Å². The molecule has 1 aliphatic rings. The van der Waals surface area contributed by atoms with E-state index >= 15 is 0 Å². The van der Waals surface area contributed by atoms with Gasteiger partial charge in [-0.3, -0.25) is 13.9 Å². The number of carbonyl (C=O) groups excluding carboxylic acids is 2. The van der Waals surface area contributed by atoms with Crippen LogP contribution < -0.4 is 9.62 Å². The van der Waals surface area contributed by atoms with Gasteiger partial charge in [0.15, 0.2) is 0 Å². The zero-order valence-corrected chi connectivity index (χ0v) is 27.0. The van der Waals surface area contributed by atoms with Gasteiger partial charge in [0.25, 0.3) is 10.0 Å². The molecule has 0 spiro atoms. The van der Waals surface area contributed by atoms with Crippen molar-refractivity contribution in [3.63, 3.8) is 0 Å². The Labute approximate surface area is 266 Å². The summed E-state index contributed by atoms with van der Waals surface area (Å²) in [5.41, 5.74) is 1.32. The maximum Gasteiger partial charge on any atom is 0.264 e. The van der Waals surface area contributed by atoms with E-state index in [1.54, 1.807) is 37.3 Å². The summed E-state index contributed by atoms with van der Waals surface area (Å²) in [7, 11) is -4.30. The fraction of sp³-hybridized carbons (Fsp3) is 0.333. The van der Waals surface area contributed by atoms with Crippen LogP contribution in [-0.4, -0.2) is 43.8 Å². The van der Waals surface area contributed by atoms with Gasteiger partial charge in [0.1, 0.15) is 12.6 Å². The molecule has 0 bridgehead atoms. The first-order chi connectivity index (χ1) is 19.9. The molecule has 1 aliphatic carbocycles. The van der Waals surface area contributed by atoms with Crippen LogP contribution in [0.5, 0.6) is 0 Å². The topological polar surface area (TPSA) is 86.8 Å². The Kier molecular flexibility index (Phi) is 10.7. The lowest BCUT2D eigenvalue weighted by molar-refractivity contribution is -0.139. The van der Waals surface area contributed by atoms with Gasteiger partial charge in [-0.2, -0.15) is 0 Å². The number of carbonyl (C=O) groups is 2. The van der Waals surface area contributed by atoms with Gasteiger partial charge >= 0.3 is 0 Å². The normalized spacial score (nSPS) is 14.4. The van der Waals surface area contributed by atoms with Crippen molar-refractivity contribution in [2.75, 3.05) is 10.8 Å². The van der Waals surface area contributed by atoms with Crippen molar-refractivity contribution in [2.45, 2.75) is 63.1 Å². The van der Waals surface area contributed by atoms with Gasteiger partial charge in [-0.25, -0.2) is 8.42 Å². The van der Waals surface area contributed by atoms with Gasteiger partial charge in [0, 0.05) is 33.2 Å². The summed E-state index contributed by atoms with van der Waals surface area (Å²) in [6, 6.07) is 14.6. The van der Waals surface area contributed by atoms with Crippen molar-refractivity contribution in [2.24, 2.45) is 0 Å². The van der Waals surface area contributed by atoms with Crippen LogP contribution in [0.2, 0.25) is 20.1 Å². The average Bonchev–Trinajstić information content (AvgIpc) is 3.46. The summed E-state index contributed by atoms with van der Waals surface area (Å²) in [6.07, 6.45) is 3.75. The zero-order valence-electron chi connectivity index (χ0n) is 23.1. The quantitative estimate of drug-likeness (QED) is 0.246. The van der Waals surface area contributed by atoms with Crippen LogP contribution in [0.25, 0.3) is 0 Å². The molecule has 12 heteroatoms. The molecule has 224 valence electrons. The standard InChI is InChI=1S/C30H31Cl4N3O4S/c1-19-10-13-23(14-11-19)42(40,41)37(28-16-21(31)12-15-27(28)34)18-29(38)36(17-24-25(32)8-5-9-26(24)33)20(2)30(39)35-22-6-3-4-7-22/h5,8-16,20,22H,3-4,6-7,17-18H2,1-2H3,(H,35,39)/t20-/m1/s1. The SMILES string of the molecule is Cc1ccc(S(=O)(=O)N(CC(=O)N(Cc2c(Cl)cccc2Cl)[C@H](C)C(=O)NC2CCCC2)c2cc(Cl)ccc2Cl)cc1. The van der Waals surface area contributed by atoms with Crippen LogP contribution in [-0.2, 0) is 26.2 Å². The molecule has 0 radical (unpaired) electrons. The zero-order chi connectivity index (χ0) is 30.6. The minimum Gasteiger partial charge on any atom is -0.352 e. The first kappa shape index (κ1) is 32.4. The Morgan fingerprint density at radius 1 is 0.929 bits per heavy atom. The summed E-state index contributed by atoms with van der Waals surface area (Å²) in [6.45, 7) is 2.64. The van der Waals surface area contributed by atoms with E-state index in [9.17, 15) is 18.0 Å². The monoisotopic (exact) mass is 669 g/mol. The fourth-order valence-corrected chi connectivity index (χ4v) is 7.23. The van der Waals surface area contributed by atoms with Crippen LogP contribution in [0.4, 0.5) is 5.69 Å². The van der Waals surface area contributed by atoms with Crippen molar-refractivity contribution < 1.29 is 18.0 Å². The minimum atomic E-state index is -4.30. The summed E-state index contributed by atoms with van der Waals surface area (Å²) >= 11 is 25.6. The van der Waals surface area contributed by atoms with E-state index in [0.717, 1.165) is 35.6 Å². The summed E-state index contributed by atoms with van der Waals surface area (Å²) in [5.74, 6) is -1.01. The Morgan fingerprint density at radius 3 is 2.17 bits per heavy atom. The van der Waals surface area contributed by atoms with Crippen LogP contribution >= 0.6 is 46.4 Å². The number of halogens is 4. The second kappa shape index (κ2) is 13.9. The van der Waals surface area contributed by atoms with Gasteiger partial charge in [0.2, 0.25) is 11.8 Å². The van der Waals surface area contributed by atoms with Crippen molar-refractivity contribution in [1.29, 1.82) is 0 Å². The largest absolute Gasteiger partial charge is 0.352 e. The number of rotatable bonds is 10. The molecular weight excluding hydrogens is 640 g/mol. The molecule has 0 unspecified atom stereocenters. The highest BCUT2D eigenvalue weighted by atomic mass is 35.5. The molecule has 42 heavy (non-hydrogen) atoms. The second-order valence-electron chi connectivity index (χ2n) is 10.3. The van der Waals surface area contributed by atoms with E-state index in [0.29, 0.717) is 15.6 Å². The van der Waals surface area contributed by atoms with Gasteiger partial charge in [-0.15, -0.1) is 0 Å². The molecule has 0 aliphatic heterocycles. The van der Waals surface area contributed by atoms with Gasteiger partial charge in [-0.1, -0.05) is 83.0 Å². The molecule has 1 saturated carbocycles. The van der Waals surface area contributed by atoms with Gasteiger partial charge in [0.05, 0.1) is 15.6 Å². The Morgan fingerprint density at radius 2 is 1.55 bits per heavy atom. The van der Waals surface area contributed by atoms with E-state index in [2.05, 4.69) is 5.32 Å². The summed E-state index contributed by atoms with van der Waals surface area (Å²) < 4.78 is 28.9. The molecule has 7 nitrogen and oxygen atoms in total. The van der Waals surface area contributed by atoms with Crippen molar-refractivity contribution in [3.05, 3.63) is 91.9 Å². The number of nitrogens with zero attached hydrogens (tertiary/aromatic N) is 2. The van der Waals surface area contributed by atoms with Crippen LogP contribution in [0, 0.1) is 6.92 Å². The minimum absolute atomic E-state index is 0.0180. The predicted octanol–water partition coefficient (Wildman–Crippen LogP) is 7.28. The molecule has 0 heterocycles. The number of sulfonamides is 1. The lowest BCUT2D eigenvalue weighted by Gasteiger charge is -2.33. The lowest BCUT2D eigenvalue weighted by atomic mass is 10.1. The third-order valence-electron chi connectivity index (χ3n) is 7.32. The number of amides is 2. The van der Waals surface area contributed by atoms with E-state index in [1.165, 1.54) is 35.2 Å². The Balaban J connectivity index is 1.75. The Hall–Kier alpha value is -2.49. The predicted molar refractivity (Wildman–Crippen MR) is 169 cm³/mol. The summed E-state index contributed by atoms with van der Waals surface area (Å²) in [5, 5.41) is 3.96.